The highest BCUT2D eigenvalue weighted by atomic mass is 79.9. The summed E-state index contributed by atoms with van der Waals surface area (Å²) >= 11 is 3.37. The average Bonchev–Trinajstić information content (AvgIpc) is 3.22. The number of alkyl halides is 3. The minimum absolute atomic E-state index is 0.205. The van der Waals surface area contributed by atoms with Crippen molar-refractivity contribution in [2.45, 2.75) is 19.3 Å². The van der Waals surface area contributed by atoms with E-state index >= 15 is 0 Å². The van der Waals surface area contributed by atoms with Crippen molar-refractivity contribution in [1.29, 1.82) is 0 Å². The highest BCUT2D eigenvalue weighted by Crippen LogP contribution is 2.30. The molecule has 164 valence electrons. The van der Waals surface area contributed by atoms with Gasteiger partial charge in [-0.2, -0.15) is 18.3 Å². The molecule has 0 radical (unpaired) electrons. The Balaban J connectivity index is 1.60. The van der Waals surface area contributed by atoms with E-state index in [0.717, 1.165) is 16.1 Å². The Morgan fingerprint density at radius 1 is 1.16 bits per heavy atom. The van der Waals surface area contributed by atoms with Gasteiger partial charge in [-0.05, 0) is 36.8 Å². The van der Waals surface area contributed by atoms with Crippen LogP contribution in [0.1, 0.15) is 33.5 Å². The van der Waals surface area contributed by atoms with E-state index in [2.05, 4.69) is 41.7 Å². The van der Waals surface area contributed by atoms with E-state index in [1.165, 1.54) is 19.2 Å². The summed E-state index contributed by atoms with van der Waals surface area (Å²) in [5.41, 5.74) is 0.219. The third-order valence-electron chi connectivity index (χ3n) is 4.75. The molecule has 2 aromatic heterocycles. The average molecular weight is 506 g/mol. The Morgan fingerprint density at radius 3 is 2.53 bits per heavy atom. The lowest BCUT2D eigenvalue weighted by Crippen LogP contribution is -2.43. The molecule has 1 unspecified atom stereocenters. The van der Waals surface area contributed by atoms with Gasteiger partial charge in [-0.1, -0.05) is 28.1 Å². The quantitative estimate of drug-likeness (QED) is 0.367. The second kappa shape index (κ2) is 8.23. The van der Waals surface area contributed by atoms with E-state index in [-0.39, 0.29) is 11.1 Å². The van der Waals surface area contributed by atoms with Gasteiger partial charge in [0, 0.05) is 28.0 Å². The van der Waals surface area contributed by atoms with E-state index in [0.29, 0.717) is 11.3 Å². The summed E-state index contributed by atoms with van der Waals surface area (Å²) in [5.74, 6) is -1.65. The zero-order valence-corrected chi connectivity index (χ0v) is 18.0. The molecule has 11 heteroatoms. The fraction of sp³-hybridized carbons (Fsp3) is 0.143. The molecule has 7 nitrogen and oxygen atoms in total. The maximum atomic E-state index is 13.0. The first-order chi connectivity index (χ1) is 15.1. The molecule has 32 heavy (non-hydrogen) atoms. The third-order valence-corrected chi connectivity index (χ3v) is 5.28. The van der Waals surface area contributed by atoms with E-state index in [4.69, 9.17) is 0 Å². The van der Waals surface area contributed by atoms with Crippen molar-refractivity contribution in [2.24, 2.45) is 0 Å². The number of nitrogens with one attached hydrogen (secondary N) is 3. The van der Waals surface area contributed by atoms with Crippen molar-refractivity contribution in [3.63, 3.8) is 0 Å². The fourth-order valence-corrected chi connectivity index (χ4v) is 3.51. The van der Waals surface area contributed by atoms with Crippen LogP contribution in [0.3, 0.4) is 0 Å². The SMILES string of the molecule is Cc1cc(C(=O)C2=CNC(c3c[nH]nc3-c3ccc(Br)cc3)NC2=O)nc(C(F)(F)F)c1. The fourth-order valence-electron chi connectivity index (χ4n) is 3.24. The van der Waals surface area contributed by atoms with Gasteiger partial charge < -0.3 is 10.6 Å². The number of amides is 1. The molecule has 1 aliphatic rings. The van der Waals surface area contributed by atoms with Gasteiger partial charge in [0.05, 0.1) is 5.69 Å². The standard InChI is InChI=1S/C21H15BrF3N5O2/c1-10-6-15(28-16(7-10)21(23,24)25)18(31)14-8-26-19(29-20(14)32)13-9-27-30-17(13)11-2-4-12(22)5-3-11/h2-9,19,26H,1H3,(H,27,30)(H,29,32). The molecule has 1 atom stereocenters. The van der Waals surface area contributed by atoms with Crippen LogP contribution in [0.25, 0.3) is 11.3 Å². The van der Waals surface area contributed by atoms with Gasteiger partial charge >= 0.3 is 6.18 Å². The monoisotopic (exact) mass is 505 g/mol. The molecule has 0 fully saturated rings. The normalized spacial score (nSPS) is 16.2. The molecule has 0 saturated carbocycles. The van der Waals surface area contributed by atoms with Crippen LogP contribution >= 0.6 is 15.9 Å². The van der Waals surface area contributed by atoms with Gasteiger partial charge in [0.15, 0.2) is 0 Å². The molecule has 0 bridgehead atoms. The molecule has 1 amide bonds. The number of benzene rings is 1. The van der Waals surface area contributed by atoms with Crippen LogP contribution in [0.5, 0.6) is 0 Å². The van der Waals surface area contributed by atoms with E-state index in [1.807, 2.05) is 24.3 Å². The van der Waals surface area contributed by atoms with Crippen LogP contribution in [0.15, 0.2) is 58.8 Å². The highest BCUT2D eigenvalue weighted by molar-refractivity contribution is 9.10. The Kier molecular flexibility index (Phi) is 5.59. The number of carbonyl (C=O) groups is 2. The first kappa shape index (κ1) is 21.8. The summed E-state index contributed by atoms with van der Waals surface area (Å²) in [6, 6.07) is 9.44. The number of carbonyl (C=O) groups excluding carboxylic acids is 2. The molecule has 0 saturated heterocycles. The molecule has 0 aliphatic carbocycles. The maximum Gasteiger partial charge on any atom is 0.433 e. The van der Waals surface area contributed by atoms with Crippen molar-refractivity contribution in [3.8, 4) is 11.3 Å². The van der Waals surface area contributed by atoms with Crippen LogP contribution in [0.4, 0.5) is 13.2 Å². The predicted molar refractivity (Wildman–Crippen MR) is 112 cm³/mol. The molecular weight excluding hydrogens is 491 g/mol. The Labute approximate surface area is 188 Å². The van der Waals surface area contributed by atoms with Crippen LogP contribution < -0.4 is 10.6 Å². The lowest BCUT2D eigenvalue weighted by atomic mass is 10.0. The number of pyridine rings is 1. The second-order valence-corrected chi connectivity index (χ2v) is 7.98. The van der Waals surface area contributed by atoms with Crippen molar-refractivity contribution in [3.05, 3.63) is 81.4 Å². The van der Waals surface area contributed by atoms with Crippen molar-refractivity contribution in [1.82, 2.24) is 25.8 Å². The number of aromatic nitrogens is 3. The first-order valence-corrected chi connectivity index (χ1v) is 10.1. The van der Waals surface area contributed by atoms with Crippen LogP contribution in [-0.2, 0) is 11.0 Å². The number of H-pyrrole nitrogens is 1. The Hall–Kier alpha value is -3.47. The summed E-state index contributed by atoms with van der Waals surface area (Å²) < 4.78 is 40.0. The number of rotatable bonds is 4. The van der Waals surface area contributed by atoms with E-state index in [9.17, 15) is 22.8 Å². The van der Waals surface area contributed by atoms with Crippen LogP contribution in [0, 0.1) is 6.92 Å². The maximum absolute atomic E-state index is 13.0. The number of aryl methyl sites for hydroxylation is 1. The molecule has 1 aromatic carbocycles. The van der Waals surface area contributed by atoms with Gasteiger partial charge in [0.2, 0.25) is 5.78 Å². The molecular formula is C21H15BrF3N5O2. The molecule has 1 aliphatic heterocycles. The summed E-state index contributed by atoms with van der Waals surface area (Å²) in [6.07, 6.45) is -2.62. The summed E-state index contributed by atoms with van der Waals surface area (Å²) in [4.78, 5) is 28.8. The van der Waals surface area contributed by atoms with Crippen molar-refractivity contribution in [2.75, 3.05) is 0 Å². The van der Waals surface area contributed by atoms with Crippen LogP contribution in [-0.4, -0.2) is 26.9 Å². The lowest BCUT2D eigenvalue weighted by molar-refractivity contribution is -0.141. The lowest BCUT2D eigenvalue weighted by Gasteiger charge is -2.24. The number of hydrogen-bond acceptors (Lipinski definition) is 5. The smallest absolute Gasteiger partial charge is 0.367 e. The van der Waals surface area contributed by atoms with Gasteiger partial charge in [0.25, 0.3) is 5.91 Å². The minimum atomic E-state index is -4.71. The molecule has 3 N–H and O–H groups in total. The molecule has 4 rings (SSSR count). The summed E-state index contributed by atoms with van der Waals surface area (Å²) in [7, 11) is 0. The Bertz CT molecular complexity index is 1230. The van der Waals surface area contributed by atoms with Gasteiger partial charge in [-0.15, -0.1) is 0 Å². The second-order valence-electron chi connectivity index (χ2n) is 7.07. The largest absolute Gasteiger partial charge is 0.433 e. The minimum Gasteiger partial charge on any atom is -0.367 e. The van der Waals surface area contributed by atoms with Gasteiger partial charge in [0.1, 0.15) is 23.1 Å². The Morgan fingerprint density at radius 2 is 1.88 bits per heavy atom. The number of hydrogen-bond donors (Lipinski definition) is 3. The number of Topliss-reactive ketones (excluding diaryl/α,β-unsaturated/α-hetero) is 1. The molecule has 3 aromatic rings. The number of ketones is 1. The number of aromatic amines is 1. The van der Waals surface area contributed by atoms with Crippen molar-refractivity contribution < 1.29 is 22.8 Å². The van der Waals surface area contributed by atoms with Crippen LogP contribution in [0.2, 0.25) is 0 Å². The highest BCUT2D eigenvalue weighted by Gasteiger charge is 2.35. The first-order valence-electron chi connectivity index (χ1n) is 9.31. The zero-order chi connectivity index (χ0) is 23.0. The summed E-state index contributed by atoms with van der Waals surface area (Å²) in [5, 5.41) is 12.5. The van der Waals surface area contributed by atoms with E-state index < -0.39 is 35.4 Å². The van der Waals surface area contributed by atoms with Gasteiger partial charge in [-0.25, -0.2) is 4.98 Å². The predicted octanol–water partition coefficient (Wildman–Crippen LogP) is 4.05. The van der Waals surface area contributed by atoms with Gasteiger partial charge in [-0.3, -0.25) is 14.7 Å². The molecule has 0 spiro atoms. The number of halogens is 4. The summed E-state index contributed by atoms with van der Waals surface area (Å²) in [6.45, 7) is 1.42. The zero-order valence-electron chi connectivity index (χ0n) is 16.4. The van der Waals surface area contributed by atoms with Crippen molar-refractivity contribution >= 4 is 27.6 Å². The number of nitrogens with zero attached hydrogens (tertiary/aromatic N) is 2. The third kappa shape index (κ3) is 4.28. The topological polar surface area (TPSA) is 99.8 Å². The molecule has 3 heterocycles. The van der Waals surface area contributed by atoms with E-state index in [1.54, 1.807) is 6.20 Å².